The SMILES string of the molecule is O=S(=O)(c1ccc2c(c1)N(C1CCNCC1)CC2)N1CCC(F)CC1. The molecular formula is C18H26FN3O2S. The fourth-order valence-electron chi connectivity index (χ4n) is 4.26. The van der Waals surface area contributed by atoms with Crippen LogP contribution in [0.3, 0.4) is 0 Å². The number of nitrogens with one attached hydrogen (secondary N) is 1. The number of piperidine rings is 2. The molecule has 0 spiro atoms. The van der Waals surface area contributed by atoms with Crippen LogP contribution in [0, 0.1) is 0 Å². The highest BCUT2D eigenvalue weighted by Crippen LogP contribution is 2.35. The van der Waals surface area contributed by atoms with E-state index in [9.17, 15) is 12.8 Å². The lowest BCUT2D eigenvalue weighted by atomic mass is 10.0. The monoisotopic (exact) mass is 367 g/mol. The van der Waals surface area contributed by atoms with Crippen LogP contribution in [0.25, 0.3) is 0 Å². The van der Waals surface area contributed by atoms with Gasteiger partial charge in [0.1, 0.15) is 6.17 Å². The Hall–Kier alpha value is -1.18. The Balaban J connectivity index is 1.60. The van der Waals surface area contributed by atoms with E-state index in [4.69, 9.17) is 0 Å². The second-order valence-electron chi connectivity index (χ2n) is 7.29. The number of benzene rings is 1. The summed E-state index contributed by atoms with van der Waals surface area (Å²) in [6.45, 7) is 3.56. The van der Waals surface area contributed by atoms with Gasteiger partial charge in [-0.05, 0) is 62.9 Å². The second kappa shape index (κ2) is 6.85. The standard InChI is InChI=1S/C18H26FN3O2S/c19-15-6-10-21(11-7-15)25(23,24)17-2-1-14-5-12-22(18(14)13-17)16-3-8-20-9-4-16/h1-2,13,15-16,20H,3-12H2. The molecule has 0 bridgehead atoms. The largest absolute Gasteiger partial charge is 0.368 e. The van der Waals surface area contributed by atoms with Crippen LogP contribution < -0.4 is 10.2 Å². The molecule has 0 aliphatic carbocycles. The Bertz CT molecular complexity index is 726. The molecule has 25 heavy (non-hydrogen) atoms. The van der Waals surface area contributed by atoms with Crippen molar-refractivity contribution >= 4 is 15.7 Å². The summed E-state index contributed by atoms with van der Waals surface area (Å²) in [7, 11) is -3.53. The van der Waals surface area contributed by atoms with E-state index in [0.29, 0.717) is 23.8 Å². The van der Waals surface area contributed by atoms with Gasteiger partial charge in [-0.2, -0.15) is 4.31 Å². The van der Waals surface area contributed by atoms with Gasteiger partial charge in [0.25, 0.3) is 0 Å². The van der Waals surface area contributed by atoms with Crippen LogP contribution in [0.15, 0.2) is 23.1 Å². The average Bonchev–Trinajstić information content (AvgIpc) is 3.06. The van der Waals surface area contributed by atoms with Crippen molar-refractivity contribution in [2.75, 3.05) is 37.6 Å². The summed E-state index contributed by atoms with van der Waals surface area (Å²) in [4.78, 5) is 2.74. The van der Waals surface area contributed by atoms with E-state index >= 15 is 0 Å². The minimum atomic E-state index is -3.53. The van der Waals surface area contributed by atoms with E-state index in [1.54, 1.807) is 6.07 Å². The third kappa shape index (κ3) is 3.29. The van der Waals surface area contributed by atoms with Gasteiger partial charge < -0.3 is 10.2 Å². The van der Waals surface area contributed by atoms with Gasteiger partial charge in [0, 0.05) is 31.4 Å². The Morgan fingerprint density at radius 1 is 1.04 bits per heavy atom. The molecule has 3 aliphatic rings. The lowest BCUT2D eigenvalue weighted by Gasteiger charge is -2.34. The van der Waals surface area contributed by atoms with Crippen LogP contribution >= 0.6 is 0 Å². The first kappa shape index (κ1) is 17.2. The molecule has 0 saturated carbocycles. The van der Waals surface area contributed by atoms with Crippen LogP contribution in [0.5, 0.6) is 0 Å². The lowest BCUT2D eigenvalue weighted by molar-refractivity contribution is 0.210. The predicted octanol–water partition coefficient (Wildman–Crippen LogP) is 1.92. The fraction of sp³-hybridized carbons (Fsp3) is 0.667. The molecule has 2 fully saturated rings. The van der Waals surface area contributed by atoms with Crippen molar-refractivity contribution in [3.8, 4) is 0 Å². The molecule has 1 N–H and O–H groups in total. The van der Waals surface area contributed by atoms with Crippen LogP contribution in [0.1, 0.15) is 31.2 Å². The number of fused-ring (bicyclic) bond motifs is 1. The van der Waals surface area contributed by atoms with Crippen LogP contribution in [0.2, 0.25) is 0 Å². The maximum absolute atomic E-state index is 13.4. The summed E-state index contributed by atoms with van der Waals surface area (Å²) in [5, 5.41) is 3.38. The number of hydrogen-bond acceptors (Lipinski definition) is 4. The van der Waals surface area contributed by atoms with E-state index < -0.39 is 16.2 Å². The smallest absolute Gasteiger partial charge is 0.243 e. The predicted molar refractivity (Wildman–Crippen MR) is 96.3 cm³/mol. The van der Waals surface area contributed by atoms with Gasteiger partial charge in [-0.3, -0.25) is 0 Å². The molecule has 3 aliphatic heterocycles. The second-order valence-corrected chi connectivity index (χ2v) is 9.23. The van der Waals surface area contributed by atoms with Crippen molar-refractivity contribution < 1.29 is 12.8 Å². The van der Waals surface area contributed by atoms with E-state index in [-0.39, 0.29) is 13.1 Å². The quantitative estimate of drug-likeness (QED) is 0.887. The number of hydrogen-bond donors (Lipinski definition) is 1. The molecule has 4 rings (SSSR count). The normalized spacial score (nSPS) is 23.8. The van der Waals surface area contributed by atoms with Crippen LogP contribution in [0.4, 0.5) is 10.1 Å². The maximum atomic E-state index is 13.4. The number of nitrogens with zero attached hydrogens (tertiary/aromatic N) is 2. The third-order valence-corrected chi connectivity index (χ3v) is 7.65. The molecule has 7 heteroatoms. The van der Waals surface area contributed by atoms with E-state index in [1.807, 2.05) is 12.1 Å². The molecule has 0 radical (unpaired) electrons. The average molecular weight is 367 g/mol. The van der Waals surface area contributed by atoms with Crippen molar-refractivity contribution in [1.29, 1.82) is 0 Å². The van der Waals surface area contributed by atoms with Gasteiger partial charge in [-0.1, -0.05) is 6.07 Å². The molecular weight excluding hydrogens is 341 g/mol. The fourth-order valence-corrected chi connectivity index (χ4v) is 5.75. The zero-order valence-electron chi connectivity index (χ0n) is 14.5. The highest BCUT2D eigenvalue weighted by molar-refractivity contribution is 7.89. The lowest BCUT2D eigenvalue weighted by Crippen LogP contribution is -2.42. The number of sulfonamides is 1. The van der Waals surface area contributed by atoms with Gasteiger partial charge in [0.05, 0.1) is 4.90 Å². The molecule has 3 heterocycles. The Morgan fingerprint density at radius 2 is 1.76 bits per heavy atom. The van der Waals surface area contributed by atoms with Crippen LogP contribution in [-0.2, 0) is 16.4 Å². The Labute approximate surface area is 149 Å². The first-order valence-corrected chi connectivity index (χ1v) is 10.7. The first-order valence-electron chi connectivity index (χ1n) is 9.30. The van der Waals surface area contributed by atoms with E-state index in [2.05, 4.69) is 10.2 Å². The van der Waals surface area contributed by atoms with Crippen molar-refractivity contribution in [2.45, 2.75) is 49.2 Å². The summed E-state index contributed by atoms with van der Waals surface area (Å²) in [6.07, 6.45) is 2.90. The minimum absolute atomic E-state index is 0.276. The molecule has 5 nitrogen and oxygen atoms in total. The first-order chi connectivity index (χ1) is 12.1. The van der Waals surface area contributed by atoms with Gasteiger partial charge in [0.2, 0.25) is 10.0 Å². The highest BCUT2D eigenvalue weighted by Gasteiger charge is 2.32. The Morgan fingerprint density at radius 3 is 2.48 bits per heavy atom. The van der Waals surface area contributed by atoms with Gasteiger partial charge >= 0.3 is 0 Å². The van der Waals surface area contributed by atoms with Crippen LogP contribution in [-0.4, -0.2) is 57.7 Å². The number of alkyl halides is 1. The topological polar surface area (TPSA) is 52.7 Å². The third-order valence-electron chi connectivity index (χ3n) is 5.76. The summed E-state index contributed by atoms with van der Waals surface area (Å²) in [6, 6.07) is 6.02. The minimum Gasteiger partial charge on any atom is -0.368 e. The van der Waals surface area contributed by atoms with Gasteiger partial charge in [-0.15, -0.1) is 0 Å². The summed E-state index contributed by atoms with van der Waals surface area (Å²) >= 11 is 0. The van der Waals surface area contributed by atoms with E-state index in [0.717, 1.165) is 44.6 Å². The molecule has 1 aromatic rings. The molecule has 0 amide bonds. The van der Waals surface area contributed by atoms with Crippen molar-refractivity contribution in [1.82, 2.24) is 9.62 Å². The zero-order valence-corrected chi connectivity index (χ0v) is 15.3. The highest BCUT2D eigenvalue weighted by atomic mass is 32.2. The summed E-state index contributed by atoms with van der Waals surface area (Å²) < 4.78 is 40.7. The van der Waals surface area contributed by atoms with E-state index in [1.165, 1.54) is 9.87 Å². The summed E-state index contributed by atoms with van der Waals surface area (Å²) in [5.74, 6) is 0. The van der Waals surface area contributed by atoms with Gasteiger partial charge in [-0.25, -0.2) is 12.8 Å². The van der Waals surface area contributed by atoms with Crippen molar-refractivity contribution in [3.05, 3.63) is 23.8 Å². The molecule has 138 valence electrons. The molecule has 0 atom stereocenters. The van der Waals surface area contributed by atoms with Crippen molar-refractivity contribution in [2.24, 2.45) is 0 Å². The molecule has 0 aromatic heterocycles. The van der Waals surface area contributed by atoms with Gasteiger partial charge in [0.15, 0.2) is 0 Å². The maximum Gasteiger partial charge on any atom is 0.243 e. The zero-order chi connectivity index (χ0) is 17.4. The molecule has 2 saturated heterocycles. The Kier molecular flexibility index (Phi) is 4.73. The number of rotatable bonds is 3. The number of halogens is 1. The molecule has 1 aromatic carbocycles. The summed E-state index contributed by atoms with van der Waals surface area (Å²) in [5.41, 5.74) is 2.31. The van der Waals surface area contributed by atoms with Crippen molar-refractivity contribution in [3.63, 3.8) is 0 Å². The number of anilines is 1. The molecule has 0 unspecified atom stereocenters.